The first-order valence-corrected chi connectivity index (χ1v) is 14.2. The number of sulfonamides is 1. The Hall–Kier alpha value is -2.95. The normalized spacial score (nSPS) is 13.1. The molecule has 0 spiro atoms. The van der Waals surface area contributed by atoms with E-state index in [4.69, 9.17) is 0 Å². The quantitative estimate of drug-likeness (QED) is 0.218. The zero-order valence-electron chi connectivity index (χ0n) is 21.8. The number of hydrogen-bond donors (Lipinski definition) is 2. The van der Waals surface area contributed by atoms with Gasteiger partial charge < -0.3 is 5.32 Å². The van der Waals surface area contributed by atoms with Gasteiger partial charge in [0.15, 0.2) is 11.6 Å². The van der Waals surface area contributed by atoms with E-state index in [-0.39, 0.29) is 5.56 Å². The van der Waals surface area contributed by atoms with Crippen molar-refractivity contribution in [2.24, 2.45) is 0 Å². The Morgan fingerprint density at radius 1 is 0.974 bits per heavy atom. The van der Waals surface area contributed by atoms with E-state index in [1.54, 1.807) is 4.72 Å². The Bertz CT molecular complexity index is 1220. The highest BCUT2D eigenvalue weighted by molar-refractivity contribution is 7.92. The highest BCUT2D eigenvalue weighted by atomic mass is 32.2. The maximum absolute atomic E-state index is 14.3. The van der Waals surface area contributed by atoms with Crippen LogP contribution in [0.15, 0.2) is 30.3 Å². The standard InChI is InChI=1S/C27H33F5N2O3S/c1-5-7-9-18-13-21(27(30,31)32)14-19(10-8-6-2)22(18)11-12-25(35)33-17(3)20-15-23(28)26(24(29)16-20)34-38(4,36)37/h11-17,34H,5-10H2,1-4H3,(H,33,35)/b12-11+/t17-/m1/s1. The van der Waals surface area contributed by atoms with Gasteiger partial charge in [-0.1, -0.05) is 26.7 Å². The van der Waals surface area contributed by atoms with Crippen molar-refractivity contribution in [2.75, 3.05) is 11.0 Å². The summed E-state index contributed by atoms with van der Waals surface area (Å²) in [4.78, 5) is 12.6. The molecule has 2 rings (SSSR count). The monoisotopic (exact) mass is 560 g/mol. The van der Waals surface area contributed by atoms with E-state index in [2.05, 4.69) is 5.32 Å². The lowest BCUT2D eigenvalue weighted by Gasteiger charge is -2.17. The Labute approximate surface area is 220 Å². The molecule has 0 saturated carbocycles. The van der Waals surface area contributed by atoms with Gasteiger partial charge in [0.2, 0.25) is 15.9 Å². The zero-order chi connectivity index (χ0) is 28.7. The molecule has 0 saturated heterocycles. The predicted molar refractivity (Wildman–Crippen MR) is 139 cm³/mol. The van der Waals surface area contributed by atoms with Crippen molar-refractivity contribution in [1.82, 2.24) is 5.32 Å². The Morgan fingerprint density at radius 2 is 1.47 bits per heavy atom. The van der Waals surface area contributed by atoms with Crippen LogP contribution < -0.4 is 10.0 Å². The first-order valence-electron chi connectivity index (χ1n) is 12.3. The van der Waals surface area contributed by atoms with Crippen molar-refractivity contribution in [3.63, 3.8) is 0 Å². The molecule has 11 heteroatoms. The minimum atomic E-state index is -4.49. The summed E-state index contributed by atoms with van der Waals surface area (Å²) in [7, 11) is -3.91. The molecule has 0 aliphatic rings. The van der Waals surface area contributed by atoms with E-state index in [1.807, 2.05) is 13.8 Å². The number of benzene rings is 2. The van der Waals surface area contributed by atoms with Crippen LogP contribution in [0, 0.1) is 11.6 Å². The number of rotatable bonds is 12. The molecule has 0 aliphatic carbocycles. The minimum Gasteiger partial charge on any atom is -0.346 e. The number of carbonyl (C=O) groups is 1. The average Bonchev–Trinajstić information content (AvgIpc) is 2.81. The van der Waals surface area contributed by atoms with Gasteiger partial charge >= 0.3 is 6.18 Å². The maximum Gasteiger partial charge on any atom is 0.416 e. The van der Waals surface area contributed by atoms with Gasteiger partial charge in [-0.15, -0.1) is 0 Å². The van der Waals surface area contributed by atoms with Gasteiger partial charge in [0, 0.05) is 6.08 Å². The maximum atomic E-state index is 14.3. The fourth-order valence-corrected chi connectivity index (χ4v) is 4.50. The molecule has 0 aliphatic heterocycles. The number of aryl methyl sites for hydroxylation is 2. The van der Waals surface area contributed by atoms with Crippen molar-refractivity contribution < 1.29 is 35.2 Å². The lowest BCUT2D eigenvalue weighted by atomic mass is 9.91. The molecule has 0 heterocycles. The number of carbonyl (C=O) groups excluding carboxylic acids is 1. The summed E-state index contributed by atoms with van der Waals surface area (Å²) >= 11 is 0. The Kier molecular flexibility index (Phi) is 10.9. The van der Waals surface area contributed by atoms with Crippen molar-refractivity contribution in [2.45, 2.75) is 71.5 Å². The van der Waals surface area contributed by atoms with Crippen LogP contribution >= 0.6 is 0 Å². The molecule has 210 valence electrons. The third-order valence-electron chi connectivity index (χ3n) is 5.89. The first kappa shape index (κ1) is 31.3. The van der Waals surface area contributed by atoms with E-state index in [9.17, 15) is 35.2 Å². The number of hydrogen-bond acceptors (Lipinski definition) is 3. The average molecular weight is 561 g/mol. The van der Waals surface area contributed by atoms with Gasteiger partial charge in [-0.3, -0.25) is 9.52 Å². The summed E-state index contributed by atoms with van der Waals surface area (Å²) in [5, 5.41) is 2.57. The van der Waals surface area contributed by atoms with Gasteiger partial charge in [-0.2, -0.15) is 13.2 Å². The molecule has 38 heavy (non-hydrogen) atoms. The molecule has 1 atom stereocenters. The summed E-state index contributed by atoms with van der Waals surface area (Å²) in [5.74, 6) is -2.90. The number of halogens is 5. The van der Waals surface area contributed by atoms with Crippen molar-refractivity contribution in [1.29, 1.82) is 0 Å². The summed E-state index contributed by atoms with van der Waals surface area (Å²) in [6.45, 7) is 5.36. The number of amides is 1. The zero-order valence-corrected chi connectivity index (χ0v) is 22.6. The SMILES string of the molecule is CCCCc1cc(C(F)(F)F)cc(CCCC)c1/C=C/C(=O)N[C@H](C)c1cc(F)c(NS(C)(=O)=O)c(F)c1. The highest BCUT2D eigenvalue weighted by Gasteiger charge is 2.32. The molecule has 1 amide bonds. The van der Waals surface area contributed by atoms with Crippen molar-refractivity contribution in [3.05, 3.63) is 69.8 Å². The smallest absolute Gasteiger partial charge is 0.346 e. The third kappa shape index (κ3) is 9.11. The lowest BCUT2D eigenvalue weighted by Crippen LogP contribution is -2.25. The van der Waals surface area contributed by atoms with Gasteiger partial charge in [0.1, 0.15) is 5.69 Å². The van der Waals surface area contributed by atoms with Gasteiger partial charge in [0.25, 0.3) is 0 Å². The molecule has 0 radical (unpaired) electrons. The second kappa shape index (κ2) is 13.2. The van der Waals surface area contributed by atoms with Gasteiger partial charge in [0.05, 0.1) is 17.9 Å². The van der Waals surface area contributed by atoms with Crippen molar-refractivity contribution in [3.8, 4) is 0 Å². The number of nitrogens with one attached hydrogen (secondary N) is 2. The molecule has 0 unspecified atom stereocenters. The summed E-state index contributed by atoms with van der Waals surface area (Å²) in [6, 6.07) is 3.22. The van der Waals surface area contributed by atoms with Gasteiger partial charge in [-0.05, 0) is 85.2 Å². The van der Waals surface area contributed by atoms with Crippen LogP contribution in [0.25, 0.3) is 6.08 Å². The minimum absolute atomic E-state index is 0.0580. The fourth-order valence-electron chi connectivity index (χ4n) is 3.93. The summed E-state index contributed by atoms with van der Waals surface area (Å²) in [5.41, 5.74) is 0.0866. The fraction of sp³-hybridized carbons (Fsp3) is 0.444. The molecular weight excluding hydrogens is 527 g/mol. The molecule has 5 nitrogen and oxygen atoms in total. The topological polar surface area (TPSA) is 75.3 Å². The van der Waals surface area contributed by atoms with Crippen LogP contribution in [0.3, 0.4) is 0 Å². The Balaban J connectivity index is 2.34. The van der Waals surface area contributed by atoms with Gasteiger partial charge in [-0.25, -0.2) is 17.2 Å². The van der Waals surface area contributed by atoms with E-state index in [0.717, 1.165) is 43.4 Å². The predicted octanol–water partition coefficient (Wildman–Crippen LogP) is 6.93. The highest BCUT2D eigenvalue weighted by Crippen LogP contribution is 2.34. The number of alkyl halides is 3. The van der Waals surface area contributed by atoms with Crippen molar-refractivity contribution >= 4 is 27.7 Å². The van der Waals surface area contributed by atoms with Crippen LogP contribution in [-0.2, 0) is 33.8 Å². The largest absolute Gasteiger partial charge is 0.416 e. The van der Waals surface area contributed by atoms with E-state index < -0.39 is 51.0 Å². The molecule has 2 N–H and O–H groups in total. The molecule has 2 aromatic rings. The van der Waals surface area contributed by atoms with Crippen LogP contribution in [0.1, 0.15) is 80.3 Å². The van der Waals surface area contributed by atoms with E-state index >= 15 is 0 Å². The Morgan fingerprint density at radius 3 is 1.89 bits per heavy atom. The van der Waals surface area contributed by atoms with Crippen LogP contribution in [-0.4, -0.2) is 20.6 Å². The number of unbranched alkanes of at least 4 members (excludes halogenated alkanes) is 2. The molecule has 0 bridgehead atoms. The summed E-state index contributed by atoms with van der Waals surface area (Å²) < 4.78 is 93.7. The van der Waals surface area contributed by atoms with Crippen LogP contribution in [0.5, 0.6) is 0 Å². The molecular formula is C27H33F5N2O3S. The lowest BCUT2D eigenvalue weighted by molar-refractivity contribution is -0.137. The molecule has 0 fully saturated rings. The van der Waals surface area contributed by atoms with Crippen LogP contribution in [0.4, 0.5) is 27.6 Å². The van der Waals surface area contributed by atoms with E-state index in [0.29, 0.717) is 42.4 Å². The third-order valence-corrected chi connectivity index (χ3v) is 6.46. The van der Waals surface area contributed by atoms with E-state index in [1.165, 1.54) is 19.1 Å². The molecule has 0 aromatic heterocycles. The molecule has 2 aromatic carbocycles. The summed E-state index contributed by atoms with van der Waals surface area (Å²) in [6.07, 6.45) is 2.71. The second-order valence-corrected chi connectivity index (χ2v) is 11.0. The first-order chi connectivity index (χ1) is 17.7. The van der Waals surface area contributed by atoms with Crippen LogP contribution in [0.2, 0.25) is 0 Å². The number of anilines is 1. The second-order valence-electron chi connectivity index (χ2n) is 9.21.